The van der Waals surface area contributed by atoms with E-state index >= 15 is 0 Å². The lowest BCUT2D eigenvalue weighted by molar-refractivity contribution is -0.710. The maximum atomic E-state index is 5.21. The second-order valence-corrected chi connectivity index (χ2v) is 4.83. The minimum atomic E-state index is 0.401. The van der Waals surface area contributed by atoms with Crippen molar-refractivity contribution in [3.63, 3.8) is 0 Å². The highest BCUT2D eigenvalue weighted by molar-refractivity contribution is 5.28. The van der Waals surface area contributed by atoms with E-state index in [0.29, 0.717) is 6.04 Å². The van der Waals surface area contributed by atoms with Crippen LogP contribution in [0.2, 0.25) is 0 Å². The van der Waals surface area contributed by atoms with Gasteiger partial charge in [-0.3, -0.25) is 0 Å². The molecule has 0 saturated carbocycles. The van der Waals surface area contributed by atoms with Gasteiger partial charge in [0.15, 0.2) is 0 Å². The molecule has 2 heteroatoms. The molecule has 104 valence electrons. The summed E-state index contributed by atoms with van der Waals surface area (Å²) in [5.74, 6) is 0.897. The maximum absolute atomic E-state index is 5.21. The van der Waals surface area contributed by atoms with Crippen LogP contribution in [0.3, 0.4) is 0 Å². The van der Waals surface area contributed by atoms with E-state index in [9.17, 15) is 0 Å². The first-order valence-electron chi connectivity index (χ1n) is 6.95. The van der Waals surface area contributed by atoms with E-state index in [-0.39, 0.29) is 0 Å². The molecule has 0 radical (unpaired) electrons. The van der Waals surface area contributed by atoms with Gasteiger partial charge in [0.25, 0.3) is 0 Å². The van der Waals surface area contributed by atoms with Crippen molar-refractivity contribution in [2.75, 3.05) is 7.11 Å². The smallest absolute Gasteiger partial charge is 0.118 e. The molecule has 0 amide bonds. The molecule has 0 aromatic heterocycles. The normalized spacial score (nSPS) is 11.8. The van der Waals surface area contributed by atoms with Crippen molar-refractivity contribution in [2.24, 2.45) is 0 Å². The number of rotatable bonds is 7. The van der Waals surface area contributed by atoms with Crippen LogP contribution in [0.25, 0.3) is 0 Å². The molecular weight excluding hydrogens is 246 g/mol. The maximum Gasteiger partial charge on any atom is 0.118 e. The average Bonchev–Trinajstić information content (AvgIpc) is 2.52. The molecule has 0 bridgehead atoms. The van der Waals surface area contributed by atoms with Crippen molar-refractivity contribution in [3.8, 4) is 5.75 Å². The molecule has 2 nitrogen and oxygen atoms in total. The summed E-state index contributed by atoms with van der Waals surface area (Å²) >= 11 is 0. The van der Waals surface area contributed by atoms with Gasteiger partial charge < -0.3 is 10.1 Å². The predicted octanol–water partition coefficient (Wildman–Crippen LogP) is 3.08. The molecule has 0 fully saturated rings. The van der Waals surface area contributed by atoms with Gasteiger partial charge in [-0.05, 0) is 24.3 Å². The highest BCUT2D eigenvalue weighted by atomic mass is 16.5. The zero-order chi connectivity index (χ0) is 14.2. The molecule has 0 unspecified atom stereocenters. The second-order valence-electron chi connectivity index (χ2n) is 4.83. The number of methoxy groups -OCH3 is 1. The lowest BCUT2D eigenvalue weighted by atomic mass is 10.0. The Balaban J connectivity index is 2.04. The average molecular weight is 268 g/mol. The fourth-order valence-corrected chi connectivity index (χ4v) is 2.29. The second kappa shape index (κ2) is 7.51. The minimum Gasteiger partial charge on any atom is -0.497 e. The number of benzene rings is 2. The van der Waals surface area contributed by atoms with E-state index in [1.165, 1.54) is 11.1 Å². The summed E-state index contributed by atoms with van der Waals surface area (Å²) < 4.78 is 5.21. The standard InChI is InChI=1S/C18H21NO/c1-3-7-18(16-10-12-17(20-2)13-11-16)19-14-15-8-5-4-6-9-15/h3-6,8-13,18-19H,1,7,14H2,2H3/p+1/t18-/m1/s1. The molecule has 2 N–H and O–H groups in total. The third kappa shape index (κ3) is 3.97. The molecule has 0 saturated heterocycles. The predicted molar refractivity (Wildman–Crippen MR) is 82.6 cm³/mol. The van der Waals surface area contributed by atoms with E-state index in [2.05, 4.69) is 48.3 Å². The van der Waals surface area contributed by atoms with Crippen molar-refractivity contribution < 1.29 is 10.1 Å². The van der Waals surface area contributed by atoms with Crippen LogP contribution in [0.4, 0.5) is 0 Å². The van der Waals surface area contributed by atoms with Crippen LogP contribution in [0.5, 0.6) is 5.75 Å². The summed E-state index contributed by atoms with van der Waals surface area (Å²) in [4.78, 5) is 0. The van der Waals surface area contributed by atoms with Crippen LogP contribution in [-0.4, -0.2) is 7.11 Å². The molecule has 2 aromatic carbocycles. The molecule has 1 atom stereocenters. The number of quaternary nitrogens is 1. The summed E-state index contributed by atoms with van der Waals surface area (Å²) in [6.45, 7) is 4.85. The molecule has 2 rings (SSSR count). The van der Waals surface area contributed by atoms with Gasteiger partial charge in [-0.2, -0.15) is 0 Å². The summed E-state index contributed by atoms with van der Waals surface area (Å²) in [6, 6.07) is 19.2. The Bertz CT molecular complexity index is 519. The zero-order valence-electron chi connectivity index (χ0n) is 12.0. The lowest BCUT2D eigenvalue weighted by Crippen LogP contribution is -2.83. The van der Waals surface area contributed by atoms with Crippen LogP contribution < -0.4 is 10.1 Å². The van der Waals surface area contributed by atoms with Crippen molar-refractivity contribution >= 4 is 0 Å². The number of ether oxygens (including phenoxy) is 1. The lowest BCUT2D eigenvalue weighted by Gasteiger charge is -2.15. The van der Waals surface area contributed by atoms with Crippen molar-refractivity contribution in [1.82, 2.24) is 0 Å². The number of hydrogen-bond donors (Lipinski definition) is 1. The Labute approximate surface area is 121 Å². The molecule has 0 heterocycles. The highest BCUT2D eigenvalue weighted by Gasteiger charge is 2.13. The van der Waals surface area contributed by atoms with Gasteiger partial charge in [0, 0.05) is 17.5 Å². The number of nitrogens with two attached hydrogens (primary N) is 1. The first-order valence-corrected chi connectivity index (χ1v) is 6.95. The van der Waals surface area contributed by atoms with Crippen molar-refractivity contribution in [1.29, 1.82) is 0 Å². The summed E-state index contributed by atoms with van der Waals surface area (Å²) in [6.07, 6.45) is 2.94. The van der Waals surface area contributed by atoms with Crippen molar-refractivity contribution in [3.05, 3.63) is 78.4 Å². The quantitative estimate of drug-likeness (QED) is 0.767. The van der Waals surface area contributed by atoms with Crippen LogP contribution in [0.15, 0.2) is 67.3 Å². The van der Waals surface area contributed by atoms with Crippen LogP contribution >= 0.6 is 0 Å². The van der Waals surface area contributed by atoms with Gasteiger partial charge in [-0.25, -0.2) is 0 Å². The zero-order valence-corrected chi connectivity index (χ0v) is 12.0. The third-order valence-electron chi connectivity index (χ3n) is 3.45. The van der Waals surface area contributed by atoms with Gasteiger partial charge in [-0.15, -0.1) is 6.58 Å². The fraction of sp³-hybridized carbons (Fsp3) is 0.222. The first-order chi connectivity index (χ1) is 9.83. The van der Waals surface area contributed by atoms with E-state index in [1.807, 2.05) is 24.3 Å². The van der Waals surface area contributed by atoms with Crippen LogP contribution in [0, 0.1) is 0 Å². The Morgan fingerprint density at radius 2 is 1.80 bits per heavy atom. The fourth-order valence-electron chi connectivity index (χ4n) is 2.29. The highest BCUT2D eigenvalue weighted by Crippen LogP contribution is 2.17. The van der Waals surface area contributed by atoms with Gasteiger partial charge in [-0.1, -0.05) is 36.4 Å². The molecular formula is C18H22NO+. The van der Waals surface area contributed by atoms with Crippen LogP contribution in [0.1, 0.15) is 23.6 Å². The summed E-state index contributed by atoms with van der Waals surface area (Å²) in [5.41, 5.74) is 2.65. The largest absolute Gasteiger partial charge is 0.497 e. The van der Waals surface area contributed by atoms with Crippen LogP contribution in [-0.2, 0) is 6.54 Å². The Kier molecular flexibility index (Phi) is 5.39. The molecule has 0 aliphatic heterocycles. The van der Waals surface area contributed by atoms with E-state index < -0.39 is 0 Å². The molecule has 20 heavy (non-hydrogen) atoms. The summed E-state index contributed by atoms with van der Waals surface area (Å²) in [5, 5.41) is 2.36. The van der Waals surface area contributed by atoms with Crippen molar-refractivity contribution in [2.45, 2.75) is 19.0 Å². The van der Waals surface area contributed by atoms with Gasteiger partial charge in [0.05, 0.1) is 7.11 Å². The monoisotopic (exact) mass is 268 g/mol. The van der Waals surface area contributed by atoms with E-state index in [4.69, 9.17) is 4.74 Å². The topological polar surface area (TPSA) is 25.8 Å². The Morgan fingerprint density at radius 1 is 1.10 bits per heavy atom. The SMILES string of the molecule is C=CC[C@@H]([NH2+]Cc1ccccc1)c1ccc(OC)cc1. The molecule has 2 aromatic rings. The van der Waals surface area contributed by atoms with Gasteiger partial charge in [0.1, 0.15) is 18.3 Å². The minimum absolute atomic E-state index is 0.401. The summed E-state index contributed by atoms with van der Waals surface area (Å²) in [7, 11) is 1.69. The third-order valence-corrected chi connectivity index (χ3v) is 3.45. The van der Waals surface area contributed by atoms with E-state index in [1.54, 1.807) is 7.11 Å². The Hall–Kier alpha value is -2.06. The molecule has 0 spiro atoms. The molecule has 0 aliphatic rings. The number of hydrogen-bond acceptors (Lipinski definition) is 1. The first kappa shape index (κ1) is 14.4. The molecule has 0 aliphatic carbocycles. The van der Waals surface area contributed by atoms with Gasteiger partial charge in [0.2, 0.25) is 0 Å². The van der Waals surface area contributed by atoms with Gasteiger partial charge >= 0.3 is 0 Å². The van der Waals surface area contributed by atoms with E-state index in [0.717, 1.165) is 18.7 Å². The Morgan fingerprint density at radius 3 is 2.40 bits per heavy atom.